The van der Waals surface area contributed by atoms with E-state index in [1.54, 1.807) is 9.42 Å². The number of carbonyl (C=O) groups is 1. The van der Waals surface area contributed by atoms with E-state index in [9.17, 15) is 13.6 Å². The van der Waals surface area contributed by atoms with Crippen LogP contribution in [0.15, 0.2) is 18.3 Å². The predicted octanol–water partition coefficient (Wildman–Crippen LogP) is 3.69. The second-order valence-corrected chi connectivity index (χ2v) is 9.39. The van der Waals surface area contributed by atoms with Gasteiger partial charge in [0.1, 0.15) is 0 Å². The Kier molecular flexibility index (Phi) is 4.99. The minimum Gasteiger partial charge on any atom is -0.476 e. The molecule has 1 aliphatic carbocycles. The van der Waals surface area contributed by atoms with E-state index >= 15 is 0 Å². The lowest BCUT2D eigenvalue weighted by molar-refractivity contribution is -0.161. The Hall–Kier alpha value is -2.25. The van der Waals surface area contributed by atoms with Crippen LogP contribution in [0, 0.1) is 11.8 Å². The summed E-state index contributed by atoms with van der Waals surface area (Å²) in [6.45, 7) is 8.08. The summed E-state index contributed by atoms with van der Waals surface area (Å²) in [5, 5.41) is 4.49. The molecule has 0 spiro atoms. The molecule has 158 valence electrons. The van der Waals surface area contributed by atoms with Crippen LogP contribution in [0.4, 0.5) is 8.78 Å². The number of ether oxygens (including phenoxy) is 1. The smallest absolute Gasteiger partial charge is 0.249 e. The second kappa shape index (κ2) is 7.22. The van der Waals surface area contributed by atoms with Crippen LogP contribution in [-0.4, -0.2) is 51.0 Å². The van der Waals surface area contributed by atoms with Crippen LogP contribution < -0.4 is 4.74 Å². The monoisotopic (exact) mass is 406 g/mol. The highest BCUT2D eigenvalue weighted by Gasteiger charge is 2.49. The van der Waals surface area contributed by atoms with Crippen molar-refractivity contribution in [2.45, 2.75) is 57.8 Å². The molecule has 0 aromatic carbocycles. The first-order valence-electron chi connectivity index (χ1n) is 10.3. The minimum absolute atomic E-state index is 0.0461. The van der Waals surface area contributed by atoms with Crippen molar-refractivity contribution in [2.24, 2.45) is 11.8 Å². The van der Waals surface area contributed by atoms with Crippen LogP contribution in [0.2, 0.25) is 0 Å². The third kappa shape index (κ3) is 4.36. The maximum absolute atomic E-state index is 13.0. The summed E-state index contributed by atoms with van der Waals surface area (Å²) in [5.74, 6) is -2.39. The van der Waals surface area contributed by atoms with Crippen LogP contribution in [0.25, 0.3) is 5.65 Å². The van der Waals surface area contributed by atoms with E-state index in [2.05, 4.69) is 30.9 Å². The number of nitrogens with zero attached hydrogens (tertiary/aromatic N) is 4. The average Bonchev–Trinajstić information content (AvgIpc) is 3.08. The van der Waals surface area contributed by atoms with Gasteiger partial charge in [0.25, 0.3) is 0 Å². The number of likely N-dealkylation sites (tertiary alicyclic amines) is 1. The number of amides is 1. The van der Waals surface area contributed by atoms with Crippen LogP contribution in [-0.2, 0) is 10.2 Å². The van der Waals surface area contributed by atoms with Crippen molar-refractivity contribution in [3.8, 4) is 5.88 Å². The number of alkyl halides is 2. The second-order valence-electron chi connectivity index (χ2n) is 9.39. The number of hydrogen-bond donors (Lipinski definition) is 0. The van der Waals surface area contributed by atoms with Crippen molar-refractivity contribution >= 4 is 11.6 Å². The molecule has 6 nitrogen and oxygen atoms in total. The molecule has 0 atom stereocenters. The molecule has 8 heteroatoms. The highest BCUT2D eigenvalue weighted by molar-refractivity contribution is 5.80. The van der Waals surface area contributed by atoms with Crippen molar-refractivity contribution in [1.29, 1.82) is 0 Å². The fourth-order valence-electron chi connectivity index (χ4n) is 3.92. The fraction of sp³-hybridized carbons (Fsp3) is 0.667. The van der Waals surface area contributed by atoms with E-state index in [-0.39, 0.29) is 24.2 Å². The third-order valence-corrected chi connectivity index (χ3v) is 5.90. The molecule has 0 N–H and O–H groups in total. The van der Waals surface area contributed by atoms with E-state index in [1.165, 1.54) is 0 Å². The first kappa shape index (κ1) is 20.0. The molecule has 2 aliphatic rings. The molecule has 29 heavy (non-hydrogen) atoms. The van der Waals surface area contributed by atoms with Gasteiger partial charge in [-0.1, -0.05) is 20.8 Å². The molecule has 1 saturated heterocycles. The lowest BCUT2D eigenvalue weighted by Gasteiger charge is -2.39. The number of halogens is 2. The summed E-state index contributed by atoms with van der Waals surface area (Å²) in [6.07, 6.45) is 2.96. The molecular weight excluding hydrogens is 378 g/mol. The SMILES string of the molecule is CC(C)(C)c1cn2nc(OCC3CCN(C(=O)C4CC(F)(F)C4)CC3)ccc2n1. The van der Waals surface area contributed by atoms with Crippen LogP contribution in [0.3, 0.4) is 0 Å². The lowest BCUT2D eigenvalue weighted by atomic mass is 9.80. The molecular formula is C21H28F2N4O2. The van der Waals surface area contributed by atoms with Gasteiger partial charge in [0.05, 0.1) is 18.5 Å². The van der Waals surface area contributed by atoms with Gasteiger partial charge < -0.3 is 9.64 Å². The first-order chi connectivity index (χ1) is 13.6. The standard InChI is InChI=1S/C21H28F2N4O2/c1-20(2,3)16-12-27-17(24-16)4-5-18(25-27)29-13-14-6-8-26(9-7-14)19(28)15-10-21(22,23)11-15/h4-5,12,14-15H,6-11,13H2,1-3H3. The molecule has 2 aromatic heterocycles. The summed E-state index contributed by atoms with van der Waals surface area (Å²) in [4.78, 5) is 18.6. The number of piperidine rings is 1. The van der Waals surface area contributed by atoms with Crippen LogP contribution in [0.5, 0.6) is 5.88 Å². The molecule has 1 saturated carbocycles. The Balaban J connectivity index is 1.27. The molecule has 2 fully saturated rings. The molecule has 0 radical (unpaired) electrons. The predicted molar refractivity (Wildman–Crippen MR) is 104 cm³/mol. The number of fused-ring (bicyclic) bond motifs is 1. The molecule has 1 amide bonds. The average molecular weight is 406 g/mol. The van der Waals surface area contributed by atoms with Crippen molar-refractivity contribution in [1.82, 2.24) is 19.5 Å². The summed E-state index contributed by atoms with van der Waals surface area (Å²) < 4.78 is 33.6. The topological polar surface area (TPSA) is 59.7 Å². The van der Waals surface area contributed by atoms with Gasteiger partial charge in [0.15, 0.2) is 5.65 Å². The quantitative estimate of drug-likeness (QED) is 0.777. The molecule has 1 aliphatic heterocycles. The molecule has 0 bridgehead atoms. The Morgan fingerprint density at radius 3 is 2.55 bits per heavy atom. The largest absolute Gasteiger partial charge is 0.476 e. The van der Waals surface area contributed by atoms with Gasteiger partial charge in [-0.3, -0.25) is 4.79 Å². The van der Waals surface area contributed by atoms with Gasteiger partial charge >= 0.3 is 0 Å². The van der Waals surface area contributed by atoms with Gasteiger partial charge in [-0.15, -0.1) is 5.10 Å². The van der Waals surface area contributed by atoms with E-state index in [0.717, 1.165) is 24.2 Å². The minimum atomic E-state index is -2.65. The maximum atomic E-state index is 13.0. The maximum Gasteiger partial charge on any atom is 0.249 e. The zero-order valence-electron chi connectivity index (χ0n) is 17.2. The number of aromatic nitrogens is 3. The van der Waals surface area contributed by atoms with E-state index < -0.39 is 11.8 Å². The number of hydrogen-bond acceptors (Lipinski definition) is 4. The fourth-order valence-corrected chi connectivity index (χ4v) is 3.92. The summed E-state index contributed by atoms with van der Waals surface area (Å²) in [6, 6.07) is 3.72. The van der Waals surface area contributed by atoms with Gasteiger partial charge in [0.2, 0.25) is 17.7 Å². The highest BCUT2D eigenvalue weighted by Crippen LogP contribution is 2.43. The van der Waals surface area contributed by atoms with Crippen LogP contribution in [0.1, 0.15) is 52.1 Å². The zero-order chi connectivity index (χ0) is 20.8. The van der Waals surface area contributed by atoms with Crippen molar-refractivity contribution in [3.63, 3.8) is 0 Å². The normalized spacial score (nSPS) is 20.7. The number of rotatable bonds is 4. The summed E-state index contributed by atoms with van der Waals surface area (Å²) in [7, 11) is 0. The van der Waals surface area contributed by atoms with Crippen LogP contribution >= 0.6 is 0 Å². The number of imidazole rings is 1. The number of carbonyl (C=O) groups excluding carboxylic acids is 1. The lowest BCUT2D eigenvalue weighted by Crippen LogP contribution is -2.49. The first-order valence-corrected chi connectivity index (χ1v) is 10.3. The van der Waals surface area contributed by atoms with E-state index in [0.29, 0.717) is 31.5 Å². The van der Waals surface area contributed by atoms with Crippen molar-refractivity contribution in [3.05, 3.63) is 24.0 Å². The third-order valence-electron chi connectivity index (χ3n) is 5.90. The molecule has 0 unspecified atom stereocenters. The summed E-state index contributed by atoms with van der Waals surface area (Å²) >= 11 is 0. The van der Waals surface area contributed by atoms with Gasteiger partial charge in [-0.05, 0) is 24.8 Å². The Labute approximate surface area is 169 Å². The molecule has 2 aromatic rings. The van der Waals surface area contributed by atoms with Gasteiger partial charge in [0, 0.05) is 43.3 Å². The molecule has 4 rings (SSSR count). The Morgan fingerprint density at radius 1 is 1.24 bits per heavy atom. The van der Waals surface area contributed by atoms with E-state index in [1.807, 2.05) is 18.3 Å². The van der Waals surface area contributed by atoms with Crippen molar-refractivity contribution < 1.29 is 18.3 Å². The van der Waals surface area contributed by atoms with Crippen molar-refractivity contribution in [2.75, 3.05) is 19.7 Å². The Morgan fingerprint density at radius 2 is 1.93 bits per heavy atom. The Bertz CT molecular complexity index is 890. The van der Waals surface area contributed by atoms with E-state index in [4.69, 9.17) is 4.74 Å². The molecule has 3 heterocycles. The zero-order valence-corrected chi connectivity index (χ0v) is 17.2. The van der Waals surface area contributed by atoms with Gasteiger partial charge in [-0.2, -0.15) is 0 Å². The summed E-state index contributed by atoms with van der Waals surface area (Å²) in [5.41, 5.74) is 1.72. The van der Waals surface area contributed by atoms with Gasteiger partial charge in [-0.25, -0.2) is 18.3 Å². The highest BCUT2D eigenvalue weighted by atomic mass is 19.3.